The highest BCUT2D eigenvalue weighted by molar-refractivity contribution is 5.83. The maximum Gasteiger partial charge on any atom is 0.347 e. The van der Waals surface area contributed by atoms with Crippen LogP contribution in [0.5, 0.6) is 0 Å². The minimum atomic E-state index is -0.687. The van der Waals surface area contributed by atoms with E-state index in [1.165, 1.54) is 57.8 Å². The molecule has 0 spiro atoms. The summed E-state index contributed by atoms with van der Waals surface area (Å²) in [5, 5.41) is 10.6. The summed E-state index contributed by atoms with van der Waals surface area (Å²) in [6, 6.07) is 0. The summed E-state index contributed by atoms with van der Waals surface area (Å²) in [6.07, 6.45) is 23.0. The van der Waals surface area contributed by atoms with Gasteiger partial charge in [0.15, 0.2) is 0 Å². The van der Waals surface area contributed by atoms with Crippen molar-refractivity contribution in [3.8, 4) is 0 Å². The first-order valence-corrected chi connectivity index (χ1v) is 27.9. The molecule has 10 rings (SSSR count). The molecule has 77 heavy (non-hydrogen) atoms. The van der Waals surface area contributed by atoms with Gasteiger partial charge < -0.3 is 28.8 Å². The van der Waals surface area contributed by atoms with Gasteiger partial charge in [0.1, 0.15) is 16.8 Å². The molecule has 460 valence electrons. The van der Waals surface area contributed by atoms with Gasteiger partial charge in [0.2, 0.25) is 6.10 Å². The summed E-state index contributed by atoms with van der Waals surface area (Å²) in [5.41, 5.74) is -2.80. The average molecular weight is 1100 g/mol. The molecule has 0 aromatic heterocycles. The minimum Gasteiger partial charge on any atom is -0.463 e. The summed E-state index contributed by atoms with van der Waals surface area (Å²) in [4.78, 5) is 59.7. The van der Waals surface area contributed by atoms with E-state index in [-0.39, 0.29) is 111 Å². The van der Waals surface area contributed by atoms with Gasteiger partial charge in [-0.05, 0) is 219 Å². The quantitative estimate of drug-likeness (QED) is 0.131. The zero-order valence-corrected chi connectivity index (χ0v) is 46.0. The molecule has 9 aliphatic carbocycles. The Morgan fingerprint density at radius 2 is 0.909 bits per heavy atom. The Labute approximate surface area is 477 Å². The highest BCUT2D eigenvalue weighted by atomic mass is 16.6. The molecule has 3 atom stereocenters. The Hall–Kier alpha value is -2.69. The maximum absolute atomic E-state index is 12.6. The number of cyclic esters (lactones) is 1. The van der Waals surface area contributed by atoms with E-state index in [1.54, 1.807) is 13.8 Å². The van der Waals surface area contributed by atoms with Crippen molar-refractivity contribution >= 4 is 29.8 Å². The van der Waals surface area contributed by atoms with Crippen LogP contribution in [0.25, 0.3) is 0 Å². The lowest BCUT2D eigenvalue weighted by atomic mass is 9.49. The average Bonchev–Trinajstić information content (AvgIpc) is 3.70. The maximum atomic E-state index is 12.6. The first kappa shape index (κ1) is 80.8. The van der Waals surface area contributed by atoms with Crippen LogP contribution in [0.2, 0.25) is 0 Å². The van der Waals surface area contributed by atoms with E-state index in [4.69, 9.17) is 23.7 Å². The smallest absolute Gasteiger partial charge is 0.347 e. The SMILES string of the molecule is C.C.C.C.C.C.C.C.CCC(C)(C)C(=O)OC1(CC)C2CC3CC(C2)CC1C3.CCC(C)(C)C(=O)OC12CC3CC(CC(O)(C3)C1)C2.CCC(C)(C)C(=O)OC1CCOC1=O.CCC1(OC(=O)C(C)(C)CC)CCCCC1. The molecule has 10 fully saturated rings. The molecule has 1 heterocycles. The van der Waals surface area contributed by atoms with E-state index in [1.807, 2.05) is 62.3 Å². The van der Waals surface area contributed by atoms with E-state index in [9.17, 15) is 29.1 Å². The van der Waals surface area contributed by atoms with Crippen molar-refractivity contribution in [1.29, 1.82) is 0 Å². The van der Waals surface area contributed by atoms with Crippen LogP contribution >= 0.6 is 0 Å². The molecule has 8 bridgehead atoms. The standard InChI is InChI=1S/C18H30O2.C16H26O3.C14H26O2.C10H16O4.8CH4/c1-5-17(3,4)16(19)20-18(6-2)14-8-12-7-13(10-14)11-15(18)9-12;1-4-14(2,3)13(17)19-16-8-11-5-12(9-16)7-15(18,6-11)10-16;1-5-13(3,4)12(15)16-14(6-2)10-8-7-9-11-14;1-4-10(2,3)9(12)14-7-5-6-13-8(7)11;;;;;;;;/h12-15H,5-11H2,1-4H3;11-12,18H,4-10H2,1-3H3;5-11H2,1-4H3;7H,4-6H2,1-3H3;8*1H4. The molecule has 11 heteroatoms. The lowest BCUT2D eigenvalue weighted by molar-refractivity contribution is -0.225. The van der Waals surface area contributed by atoms with Crippen LogP contribution in [0.1, 0.15) is 304 Å². The first-order chi connectivity index (χ1) is 32.1. The Balaban J connectivity index is -0.000000450. The second-order valence-corrected chi connectivity index (χ2v) is 26.0. The monoisotopic (exact) mass is 1100 g/mol. The lowest BCUT2D eigenvalue weighted by Crippen LogP contribution is -2.61. The molecule has 1 N–H and O–H groups in total. The van der Waals surface area contributed by atoms with Crippen molar-refractivity contribution in [1.82, 2.24) is 0 Å². The van der Waals surface area contributed by atoms with Gasteiger partial charge in [0.05, 0.1) is 33.9 Å². The predicted octanol–water partition coefficient (Wildman–Crippen LogP) is 18.1. The van der Waals surface area contributed by atoms with Crippen LogP contribution < -0.4 is 0 Å². The molecule has 0 amide bonds. The van der Waals surface area contributed by atoms with Crippen LogP contribution in [-0.2, 0) is 47.7 Å². The lowest BCUT2D eigenvalue weighted by Gasteiger charge is -2.60. The van der Waals surface area contributed by atoms with Crippen molar-refractivity contribution < 1.29 is 52.8 Å². The topological polar surface area (TPSA) is 152 Å². The summed E-state index contributed by atoms with van der Waals surface area (Å²) in [6.45, 7) is 28.3. The van der Waals surface area contributed by atoms with E-state index >= 15 is 0 Å². The molecule has 0 aromatic carbocycles. The Bertz CT molecular complexity index is 1740. The number of hydrogen-bond acceptors (Lipinski definition) is 11. The first-order valence-electron chi connectivity index (χ1n) is 27.9. The second-order valence-electron chi connectivity index (χ2n) is 26.0. The molecule has 9 saturated carbocycles. The fourth-order valence-corrected chi connectivity index (χ4v) is 13.2. The fraction of sp³-hybridized carbons (Fsp3) is 0.924. The fourth-order valence-electron chi connectivity index (χ4n) is 13.2. The Kier molecular flexibility index (Phi) is 33.1. The number of esters is 5. The van der Waals surface area contributed by atoms with Crippen LogP contribution in [0.3, 0.4) is 0 Å². The van der Waals surface area contributed by atoms with Crippen molar-refractivity contribution in [2.24, 2.45) is 57.2 Å². The molecular formula is C66H130O11. The second kappa shape index (κ2) is 31.5. The summed E-state index contributed by atoms with van der Waals surface area (Å²) in [5.74, 6) is 3.43. The van der Waals surface area contributed by atoms with Gasteiger partial charge in [-0.3, -0.25) is 19.2 Å². The third-order valence-corrected chi connectivity index (χ3v) is 19.2. The summed E-state index contributed by atoms with van der Waals surface area (Å²) in [7, 11) is 0. The predicted molar refractivity (Wildman–Crippen MR) is 322 cm³/mol. The van der Waals surface area contributed by atoms with Gasteiger partial charge in [-0.1, -0.05) is 107 Å². The van der Waals surface area contributed by atoms with Crippen molar-refractivity contribution in [3.05, 3.63) is 0 Å². The van der Waals surface area contributed by atoms with Gasteiger partial charge in [-0.15, -0.1) is 0 Å². The normalized spacial score (nSPS) is 30.3. The number of carbonyl (C=O) groups excluding carboxylic acids is 5. The van der Waals surface area contributed by atoms with Gasteiger partial charge in [-0.25, -0.2) is 4.79 Å². The number of rotatable bonds is 14. The highest BCUT2D eigenvalue weighted by Gasteiger charge is 2.61. The van der Waals surface area contributed by atoms with Crippen LogP contribution in [-0.4, -0.2) is 70.1 Å². The zero-order valence-electron chi connectivity index (χ0n) is 46.0. The van der Waals surface area contributed by atoms with Gasteiger partial charge in [-0.2, -0.15) is 0 Å². The van der Waals surface area contributed by atoms with Crippen LogP contribution in [0, 0.1) is 57.2 Å². The highest BCUT2D eigenvalue weighted by Crippen LogP contribution is 2.61. The molecule has 11 nitrogen and oxygen atoms in total. The third kappa shape index (κ3) is 18.9. The van der Waals surface area contributed by atoms with E-state index in [2.05, 4.69) is 20.8 Å². The molecular weight excluding hydrogens is 969 g/mol. The van der Waals surface area contributed by atoms with Gasteiger partial charge in [0, 0.05) is 12.8 Å². The van der Waals surface area contributed by atoms with Gasteiger partial charge >= 0.3 is 29.8 Å². The minimum absolute atomic E-state index is 0. The van der Waals surface area contributed by atoms with Crippen molar-refractivity contribution in [3.63, 3.8) is 0 Å². The number of hydrogen-bond donors (Lipinski definition) is 1. The van der Waals surface area contributed by atoms with Crippen molar-refractivity contribution in [2.45, 2.75) is 333 Å². The molecule has 1 aliphatic heterocycles. The molecule has 1 saturated heterocycles. The largest absolute Gasteiger partial charge is 0.463 e. The zero-order chi connectivity index (χ0) is 51.4. The van der Waals surface area contributed by atoms with Crippen LogP contribution in [0.15, 0.2) is 0 Å². The van der Waals surface area contributed by atoms with E-state index in [0.717, 1.165) is 82.5 Å². The summed E-state index contributed by atoms with van der Waals surface area (Å²) < 4.78 is 27.9. The Morgan fingerprint density at radius 3 is 1.27 bits per heavy atom. The molecule has 0 radical (unpaired) electrons. The third-order valence-electron chi connectivity index (χ3n) is 19.2. The Morgan fingerprint density at radius 1 is 0.519 bits per heavy atom. The summed E-state index contributed by atoms with van der Waals surface area (Å²) >= 11 is 0. The number of aliphatic hydroxyl groups is 1. The van der Waals surface area contributed by atoms with E-state index < -0.39 is 28.5 Å². The molecule has 3 unspecified atom stereocenters. The molecule has 10 aliphatic rings. The van der Waals surface area contributed by atoms with Crippen molar-refractivity contribution in [2.75, 3.05) is 6.61 Å². The molecule has 0 aromatic rings. The van der Waals surface area contributed by atoms with Gasteiger partial charge in [0.25, 0.3) is 0 Å². The van der Waals surface area contributed by atoms with E-state index in [0.29, 0.717) is 49.5 Å². The van der Waals surface area contributed by atoms with Crippen LogP contribution in [0.4, 0.5) is 0 Å². The number of ether oxygens (including phenoxy) is 5. The number of carbonyl (C=O) groups is 5.